The molecule has 0 radical (unpaired) electrons. The van der Waals surface area contributed by atoms with Gasteiger partial charge >= 0.3 is 0 Å². The number of hydrogen-bond donors (Lipinski definition) is 1. The average Bonchev–Trinajstić information content (AvgIpc) is 3.17. The third-order valence-electron chi connectivity index (χ3n) is 6.92. The standard InChI is InChI=1S/C23H27BrF2N4O2/c1-13(31)29-7-4-21-17(12-29)22(28-30(21)15-5-8-32-9-6-15)19-3-2-14-10-18(24)16(23(25)26)11-20(14)27-19/h10-11,15,19,23,27H,2-9,12H2,1H3. The zero-order valence-electron chi connectivity index (χ0n) is 18.0. The van der Waals surface area contributed by atoms with Crippen LogP contribution in [0.25, 0.3) is 0 Å². The molecule has 1 atom stereocenters. The highest BCUT2D eigenvalue weighted by molar-refractivity contribution is 9.10. The van der Waals surface area contributed by atoms with Gasteiger partial charge in [-0.15, -0.1) is 0 Å². The van der Waals surface area contributed by atoms with Crippen LogP contribution >= 0.6 is 15.9 Å². The molecule has 1 fully saturated rings. The zero-order valence-corrected chi connectivity index (χ0v) is 19.6. The summed E-state index contributed by atoms with van der Waals surface area (Å²) in [4.78, 5) is 14.0. The molecule has 1 N–H and O–H groups in total. The molecular formula is C23H27BrF2N4O2. The van der Waals surface area contributed by atoms with E-state index in [1.165, 1.54) is 5.69 Å². The first kappa shape index (κ1) is 21.8. The number of anilines is 1. The molecule has 0 bridgehead atoms. The lowest BCUT2D eigenvalue weighted by Crippen LogP contribution is -2.35. The number of carbonyl (C=O) groups excluding carboxylic acids is 1. The molecule has 0 saturated carbocycles. The van der Waals surface area contributed by atoms with Gasteiger partial charge in [-0.3, -0.25) is 9.48 Å². The Labute approximate surface area is 194 Å². The molecule has 1 saturated heterocycles. The Morgan fingerprint density at radius 3 is 2.75 bits per heavy atom. The molecule has 32 heavy (non-hydrogen) atoms. The Morgan fingerprint density at radius 2 is 2.03 bits per heavy atom. The number of nitrogens with zero attached hydrogens (tertiary/aromatic N) is 3. The fraction of sp³-hybridized carbons (Fsp3) is 0.565. The number of rotatable bonds is 3. The maximum absolute atomic E-state index is 13.4. The normalized spacial score (nSPS) is 21.3. The van der Waals surface area contributed by atoms with E-state index in [0.29, 0.717) is 23.6 Å². The van der Waals surface area contributed by atoms with Gasteiger partial charge in [-0.2, -0.15) is 5.10 Å². The molecule has 1 aromatic heterocycles. The van der Waals surface area contributed by atoms with Crippen LogP contribution in [0.3, 0.4) is 0 Å². The van der Waals surface area contributed by atoms with Crippen molar-refractivity contribution in [3.8, 4) is 0 Å². The van der Waals surface area contributed by atoms with Crippen molar-refractivity contribution in [1.82, 2.24) is 14.7 Å². The predicted octanol–water partition coefficient (Wildman–Crippen LogP) is 4.94. The molecule has 5 rings (SSSR count). The summed E-state index contributed by atoms with van der Waals surface area (Å²) >= 11 is 3.28. The summed E-state index contributed by atoms with van der Waals surface area (Å²) in [5.41, 5.74) is 5.04. The monoisotopic (exact) mass is 508 g/mol. The number of hydrogen-bond acceptors (Lipinski definition) is 4. The van der Waals surface area contributed by atoms with Gasteiger partial charge in [0.15, 0.2) is 0 Å². The molecule has 0 aliphatic carbocycles. The Morgan fingerprint density at radius 1 is 1.25 bits per heavy atom. The van der Waals surface area contributed by atoms with Crippen molar-refractivity contribution < 1.29 is 18.3 Å². The van der Waals surface area contributed by atoms with E-state index < -0.39 is 6.43 Å². The van der Waals surface area contributed by atoms with Gasteiger partial charge in [-0.1, -0.05) is 15.9 Å². The Balaban J connectivity index is 1.51. The summed E-state index contributed by atoms with van der Waals surface area (Å²) in [6, 6.07) is 3.58. The fourth-order valence-corrected chi connectivity index (χ4v) is 5.72. The molecule has 0 spiro atoms. The third kappa shape index (κ3) is 3.94. The van der Waals surface area contributed by atoms with Crippen LogP contribution in [-0.4, -0.2) is 40.3 Å². The van der Waals surface area contributed by atoms with E-state index >= 15 is 0 Å². The molecule has 172 valence electrons. The second-order valence-corrected chi connectivity index (χ2v) is 9.71. The summed E-state index contributed by atoms with van der Waals surface area (Å²) in [6.45, 7) is 4.32. The summed E-state index contributed by atoms with van der Waals surface area (Å²) < 4.78 is 35.1. The smallest absolute Gasteiger partial charge is 0.265 e. The quantitative estimate of drug-likeness (QED) is 0.637. The largest absolute Gasteiger partial charge is 0.381 e. The maximum Gasteiger partial charge on any atom is 0.265 e. The number of ether oxygens (including phenoxy) is 1. The Bertz CT molecular complexity index is 1040. The number of benzene rings is 1. The molecule has 1 aromatic carbocycles. The topological polar surface area (TPSA) is 59.4 Å². The number of carbonyl (C=O) groups is 1. The number of aryl methyl sites for hydroxylation is 1. The zero-order chi connectivity index (χ0) is 22.4. The Hall–Kier alpha value is -2.00. The van der Waals surface area contributed by atoms with Crippen LogP contribution in [0, 0.1) is 0 Å². The van der Waals surface area contributed by atoms with Gasteiger partial charge in [-0.05, 0) is 43.4 Å². The van der Waals surface area contributed by atoms with Crippen LogP contribution in [0.5, 0.6) is 0 Å². The SMILES string of the molecule is CC(=O)N1CCc2c(c(C3CCc4cc(Br)c(C(F)F)cc4N3)nn2C2CCOCC2)C1. The molecule has 3 aliphatic heterocycles. The van der Waals surface area contributed by atoms with Crippen molar-refractivity contribution in [2.24, 2.45) is 0 Å². The van der Waals surface area contributed by atoms with E-state index in [2.05, 4.69) is 25.9 Å². The lowest BCUT2D eigenvalue weighted by molar-refractivity contribution is -0.129. The number of aromatic nitrogens is 2. The Kier molecular flexibility index (Phi) is 5.96. The average molecular weight is 509 g/mol. The van der Waals surface area contributed by atoms with Crippen molar-refractivity contribution in [1.29, 1.82) is 0 Å². The highest BCUT2D eigenvalue weighted by atomic mass is 79.9. The van der Waals surface area contributed by atoms with Gasteiger partial charge in [0.1, 0.15) is 0 Å². The second-order valence-electron chi connectivity index (χ2n) is 8.86. The van der Waals surface area contributed by atoms with Crippen LogP contribution in [0.1, 0.15) is 72.8 Å². The number of nitrogens with one attached hydrogen (secondary N) is 1. The summed E-state index contributed by atoms with van der Waals surface area (Å²) in [5, 5.41) is 8.57. The van der Waals surface area contributed by atoms with Crippen LogP contribution < -0.4 is 5.32 Å². The van der Waals surface area contributed by atoms with E-state index in [1.807, 2.05) is 4.90 Å². The van der Waals surface area contributed by atoms with Gasteiger partial charge in [-0.25, -0.2) is 8.78 Å². The van der Waals surface area contributed by atoms with Gasteiger partial charge in [0, 0.05) is 66.6 Å². The molecular weight excluding hydrogens is 482 g/mol. The van der Waals surface area contributed by atoms with Gasteiger partial charge in [0.2, 0.25) is 5.91 Å². The van der Waals surface area contributed by atoms with Crippen LogP contribution in [0.4, 0.5) is 14.5 Å². The lowest BCUT2D eigenvalue weighted by atomic mass is 9.92. The van der Waals surface area contributed by atoms with Gasteiger partial charge in [0.25, 0.3) is 6.43 Å². The number of alkyl halides is 2. The summed E-state index contributed by atoms with van der Waals surface area (Å²) in [6.07, 6.45) is 1.70. The van der Waals surface area contributed by atoms with Crippen molar-refractivity contribution in [2.45, 2.75) is 64.1 Å². The fourth-order valence-electron chi connectivity index (χ4n) is 5.16. The minimum atomic E-state index is -2.54. The highest BCUT2D eigenvalue weighted by Gasteiger charge is 2.33. The molecule has 4 heterocycles. The van der Waals surface area contributed by atoms with E-state index in [-0.39, 0.29) is 17.5 Å². The highest BCUT2D eigenvalue weighted by Crippen LogP contribution is 2.40. The minimum Gasteiger partial charge on any atom is -0.381 e. The third-order valence-corrected chi connectivity index (χ3v) is 7.61. The van der Waals surface area contributed by atoms with E-state index in [0.717, 1.165) is 67.8 Å². The lowest BCUT2D eigenvalue weighted by Gasteiger charge is -2.31. The maximum atomic E-state index is 13.4. The minimum absolute atomic E-state index is 0.00517. The molecule has 6 nitrogen and oxygen atoms in total. The number of amides is 1. The van der Waals surface area contributed by atoms with Crippen molar-refractivity contribution in [2.75, 3.05) is 25.1 Å². The van der Waals surface area contributed by atoms with Crippen LogP contribution in [-0.2, 0) is 28.9 Å². The van der Waals surface area contributed by atoms with Gasteiger partial charge < -0.3 is 15.0 Å². The first-order valence-electron chi connectivity index (χ1n) is 11.2. The molecule has 2 aromatic rings. The number of fused-ring (bicyclic) bond motifs is 2. The molecule has 9 heteroatoms. The van der Waals surface area contributed by atoms with Crippen molar-refractivity contribution in [3.05, 3.63) is 44.7 Å². The first-order valence-corrected chi connectivity index (χ1v) is 12.0. The molecule has 1 amide bonds. The molecule has 3 aliphatic rings. The molecule has 1 unspecified atom stereocenters. The first-order chi connectivity index (χ1) is 15.4. The van der Waals surface area contributed by atoms with E-state index in [9.17, 15) is 13.6 Å². The summed E-state index contributed by atoms with van der Waals surface area (Å²) in [5.74, 6) is 0.0637. The van der Waals surface area contributed by atoms with Gasteiger partial charge in [0.05, 0.1) is 17.8 Å². The van der Waals surface area contributed by atoms with Crippen LogP contribution in [0.15, 0.2) is 16.6 Å². The van der Waals surface area contributed by atoms with E-state index in [4.69, 9.17) is 9.84 Å². The summed E-state index contributed by atoms with van der Waals surface area (Å²) in [7, 11) is 0. The number of halogens is 3. The van der Waals surface area contributed by atoms with Crippen molar-refractivity contribution >= 4 is 27.5 Å². The van der Waals surface area contributed by atoms with E-state index in [1.54, 1.807) is 19.1 Å². The second kappa shape index (κ2) is 8.74. The van der Waals surface area contributed by atoms with Crippen molar-refractivity contribution in [3.63, 3.8) is 0 Å². The predicted molar refractivity (Wildman–Crippen MR) is 120 cm³/mol. The van der Waals surface area contributed by atoms with Crippen LogP contribution in [0.2, 0.25) is 0 Å².